The summed E-state index contributed by atoms with van der Waals surface area (Å²) in [4.78, 5) is 13.8. The number of aryl methyl sites for hydroxylation is 1. The molecule has 0 saturated heterocycles. The van der Waals surface area contributed by atoms with Crippen molar-refractivity contribution < 1.29 is 13.9 Å². The van der Waals surface area contributed by atoms with E-state index in [1.807, 2.05) is 6.92 Å². The van der Waals surface area contributed by atoms with Crippen LogP contribution in [-0.4, -0.2) is 42.9 Å². The highest BCUT2D eigenvalue weighted by molar-refractivity contribution is 9.09. The molecule has 1 aromatic rings. The van der Waals surface area contributed by atoms with E-state index >= 15 is 0 Å². The lowest BCUT2D eigenvalue weighted by molar-refractivity contribution is 0.0677. The molecule has 0 spiro atoms. The summed E-state index contributed by atoms with van der Waals surface area (Å²) in [6.45, 7) is 3.60. The average molecular weight is 290 g/mol. The van der Waals surface area contributed by atoms with Crippen molar-refractivity contribution in [3.63, 3.8) is 0 Å². The summed E-state index contributed by atoms with van der Waals surface area (Å²) < 4.78 is 10.2. The van der Waals surface area contributed by atoms with Crippen LogP contribution in [0.3, 0.4) is 0 Å². The van der Waals surface area contributed by atoms with Crippen molar-refractivity contribution in [1.29, 1.82) is 0 Å². The second kappa shape index (κ2) is 6.70. The van der Waals surface area contributed by atoms with Crippen LogP contribution in [-0.2, 0) is 4.74 Å². The number of amides is 1. The van der Waals surface area contributed by atoms with E-state index in [-0.39, 0.29) is 5.91 Å². The van der Waals surface area contributed by atoms with Gasteiger partial charge in [-0.15, -0.1) is 0 Å². The molecule has 1 rings (SSSR count). The summed E-state index contributed by atoms with van der Waals surface area (Å²) in [7, 11) is 1.62. The molecule has 0 atom stereocenters. The van der Waals surface area contributed by atoms with Crippen LogP contribution in [0.2, 0.25) is 0 Å². The Labute approximate surface area is 104 Å². The van der Waals surface area contributed by atoms with Crippen molar-refractivity contribution in [1.82, 2.24) is 4.90 Å². The zero-order valence-corrected chi connectivity index (χ0v) is 11.1. The molecular formula is C11H16BrNO3. The van der Waals surface area contributed by atoms with Crippen LogP contribution in [0.25, 0.3) is 0 Å². The molecular weight excluding hydrogens is 274 g/mol. The van der Waals surface area contributed by atoms with Crippen LogP contribution in [0.4, 0.5) is 0 Å². The van der Waals surface area contributed by atoms with Gasteiger partial charge in [0.25, 0.3) is 5.91 Å². The normalized spacial score (nSPS) is 10.4. The van der Waals surface area contributed by atoms with Gasteiger partial charge in [-0.3, -0.25) is 4.79 Å². The predicted octanol–water partition coefficient (Wildman–Crippen LogP) is 2.07. The zero-order chi connectivity index (χ0) is 12.0. The maximum absolute atomic E-state index is 12.1. The Hall–Kier alpha value is -0.810. The van der Waals surface area contributed by atoms with Crippen molar-refractivity contribution in [2.24, 2.45) is 0 Å². The molecule has 0 fully saturated rings. The summed E-state index contributed by atoms with van der Waals surface area (Å²) in [5.74, 6) is 0.330. The Bertz CT molecular complexity index is 338. The molecule has 4 nitrogen and oxygen atoms in total. The quantitative estimate of drug-likeness (QED) is 0.753. The zero-order valence-electron chi connectivity index (χ0n) is 9.53. The van der Waals surface area contributed by atoms with Gasteiger partial charge in [0.1, 0.15) is 0 Å². The van der Waals surface area contributed by atoms with Gasteiger partial charge < -0.3 is 14.1 Å². The van der Waals surface area contributed by atoms with Crippen LogP contribution in [0.5, 0.6) is 0 Å². The van der Waals surface area contributed by atoms with Crippen molar-refractivity contribution in [3.05, 3.63) is 23.7 Å². The Kier molecular flexibility index (Phi) is 5.55. The summed E-state index contributed by atoms with van der Waals surface area (Å²) in [5.41, 5.74) is 0.863. The standard InChI is InChI=1S/C11H16BrNO3/c1-9-3-7-16-10(9)11(14)13(5-4-12)6-8-15-2/h3,7H,4-6,8H2,1-2H3. The summed E-state index contributed by atoms with van der Waals surface area (Å²) >= 11 is 3.33. The Morgan fingerprint density at radius 2 is 2.31 bits per heavy atom. The first-order valence-electron chi connectivity index (χ1n) is 5.09. The van der Waals surface area contributed by atoms with E-state index in [2.05, 4.69) is 15.9 Å². The van der Waals surface area contributed by atoms with Gasteiger partial charge in [0.2, 0.25) is 0 Å². The number of rotatable bonds is 6. The molecule has 0 N–H and O–H groups in total. The Balaban J connectivity index is 2.70. The molecule has 0 bridgehead atoms. The molecule has 1 heterocycles. The lowest BCUT2D eigenvalue weighted by Crippen LogP contribution is -2.35. The number of hydrogen-bond acceptors (Lipinski definition) is 3. The van der Waals surface area contributed by atoms with Gasteiger partial charge in [0, 0.05) is 31.1 Å². The minimum Gasteiger partial charge on any atom is -0.459 e. The smallest absolute Gasteiger partial charge is 0.289 e. The van der Waals surface area contributed by atoms with E-state index in [0.29, 0.717) is 25.5 Å². The number of halogens is 1. The highest BCUT2D eigenvalue weighted by atomic mass is 79.9. The average Bonchev–Trinajstić information content (AvgIpc) is 2.69. The molecule has 0 aliphatic heterocycles. The highest BCUT2D eigenvalue weighted by Crippen LogP contribution is 2.12. The molecule has 0 unspecified atom stereocenters. The molecule has 1 aromatic heterocycles. The van der Waals surface area contributed by atoms with Crippen LogP contribution in [0, 0.1) is 6.92 Å². The number of carbonyl (C=O) groups is 1. The summed E-state index contributed by atoms with van der Waals surface area (Å²) in [6.07, 6.45) is 1.53. The molecule has 5 heteroatoms. The predicted molar refractivity (Wildman–Crippen MR) is 65.0 cm³/mol. The minimum atomic E-state index is -0.0843. The van der Waals surface area contributed by atoms with E-state index in [1.54, 1.807) is 18.1 Å². The second-order valence-corrected chi connectivity index (χ2v) is 4.20. The second-order valence-electron chi connectivity index (χ2n) is 3.41. The summed E-state index contributed by atoms with van der Waals surface area (Å²) in [5, 5.41) is 0.738. The third-order valence-corrected chi connectivity index (χ3v) is 2.62. The maximum atomic E-state index is 12.1. The van der Waals surface area contributed by atoms with E-state index in [0.717, 1.165) is 10.9 Å². The van der Waals surface area contributed by atoms with Gasteiger partial charge >= 0.3 is 0 Å². The Morgan fingerprint density at radius 1 is 1.56 bits per heavy atom. The Morgan fingerprint density at radius 3 is 2.81 bits per heavy atom. The van der Waals surface area contributed by atoms with Crippen molar-refractivity contribution in [2.45, 2.75) is 6.92 Å². The number of furan rings is 1. The fraction of sp³-hybridized carbons (Fsp3) is 0.545. The largest absolute Gasteiger partial charge is 0.459 e. The van der Waals surface area contributed by atoms with Crippen LogP contribution >= 0.6 is 15.9 Å². The molecule has 0 aliphatic rings. The van der Waals surface area contributed by atoms with Crippen molar-refractivity contribution in [3.8, 4) is 0 Å². The molecule has 0 saturated carbocycles. The molecule has 0 aliphatic carbocycles. The number of nitrogens with zero attached hydrogens (tertiary/aromatic N) is 1. The van der Waals surface area contributed by atoms with Crippen LogP contribution in [0.15, 0.2) is 16.7 Å². The van der Waals surface area contributed by atoms with Crippen LogP contribution < -0.4 is 0 Å². The van der Waals surface area contributed by atoms with Gasteiger partial charge in [-0.05, 0) is 13.0 Å². The third-order valence-electron chi connectivity index (χ3n) is 2.26. The molecule has 0 radical (unpaired) electrons. The van der Waals surface area contributed by atoms with E-state index in [9.17, 15) is 4.79 Å². The monoisotopic (exact) mass is 289 g/mol. The molecule has 0 aromatic carbocycles. The van der Waals surface area contributed by atoms with E-state index in [4.69, 9.17) is 9.15 Å². The lowest BCUT2D eigenvalue weighted by Gasteiger charge is -2.20. The fourth-order valence-corrected chi connectivity index (χ4v) is 1.78. The van der Waals surface area contributed by atoms with Gasteiger partial charge in [0.05, 0.1) is 12.9 Å². The highest BCUT2D eigenvalue weighted by Gasteiger charge is 2.19. The molecule has 16 heavy (non-hydrogen) atoms. The van der Waals surface area contributed by atoms with E-state index < -0.39 is 0 Å². The maximum Gasteiger partial charge on any atom is 0.289 e. The minimum absolute atomic E-state index is 0.0843. The number of carbonyl (C=O) groups excluding carboxylic acids is 1. The van der Waals surface area contributed by atoms with Gasteiger partial charge in [-0.2, -0.15) is 0 Å². The van der Waals surface area contributed by atoms with Crippen molar-refractivity contribution in [2.75, 3.05) is 32.1 Å². The first-order valence-corrected chi connectivity index (χ1v) is 6.21. The number of methoxy groups -OCH3 is 1. The first kappa shape index (κ1) is 13.3. The number of ether oxygens (including phenoxy) is 1. The van der Waals surface area contributed by atoms with E-state index in [1.165, 1.54) is 6.26 Å². The topological polar surface area (TPSA) is 42.7 Å². The lowest BCUT2D eigenvalue weighted by atomic mass is 10.2. The third kappa shape index (κ3) is 3.35. The SMILES string of the molecule is COCCN(CCBr)C(=O)c1occc1C. The van der Waals surface area contributed by atoms with Gasteiger partial charge in [0.15, 0.2) is 5.76 Å². The summed E-state index contributed by atoms with van der Waals surface area (Å²) in [6, 6.07) is 1.79. The molecule has 1 amide bonds. The number of hydrogen-bond donors (Lipinski definition) is 0. The molecule has 90 valence electrons. The van der Waals surface area contributed by atoms with Gasteiger partial charge in [-0.25, -0.2) is 0 Å². The number of alkyl halides is 1. The van der Waals surface area contributed by atoms with Crippen LogP contribution in [0.1, 0.15) is 16.1 Å². The van der Waals surface area contributed by atoms with Gasteiger partial charge in [-0.1, -0.05) is 15.9 Å². The van der Waals surface area contributed by atoms with Crippen molar-refractivity contribution >= 4 is 21.8 Å². The fourth-order valence-electron chi connectivity index (χ4n) is 1.35. The first-order chi connectivity index (χ1) is 7.70.